The van der Waals surface area contributed by atoms with E-state index in [-0.39, 0.29) is 5.91 Å². The summed E-state index contributed by atoms with van der Waals surface area (Å²) < 4.78 is 2.06. The van der Waals surface area contributed by atoms with Gasteiger partial charge in [0.1, 0.15) is 0 Å². The Kier molecular flexibility index (Phi) is 7.10. The molecule has 0 saturated heterocycles. The van der Waals surface area contributed by atoms with E-state index < -0.39 is 5.91 Å². The number of rotatable bonds is 5. The lowest BCUT2D eigenvalue weighted by Gasteiger charge is -2.15. The molecule has 0 fully saturated rings. The maximum absolute atomic E-state index is 14.5. The lowest BCUT2D eigenvalue weighted by molar-refractivity contribution is 0.0926. The number of aromatic nitrogens is 1. The van der Waals surface area contributed by atoms with Crippen LogP contribution in [0, 0.1) is 22.7 Å². The third-order valence-electron chi connectivity index (χ3n) is 9.78. The van der Waals surface area contributed by atoms with Crippen molar-refractivity contribution in [1.29, 1.82) is 10.5 Å². The number of imide groups is 1. The molecule has 9 rings (SSSR count). The molecule has 0 bridgehead atoms. The number of carbonyl (C=O) groups excluding carboxylic acids is 2. The van der Waals surface area contributed by atoms with E-state index in [9.17, 15) is 20.1 Å². The van der Waals surface area contributed by atoms with Gasteiger partial charge in [-0.2, -0.15) is 10.5 Å². The van der Waals surface area contributed by atoms with Crippen LogP contribution >= 0.6 is 0 Å². The first-order valence-electron chi connectivity index (χ1n) is 16.8. The molecule has 6 heteroatoms. The molecule has 52 heavy (non-hydrogen) atoms. The standard InChI is InChI=1S/C46H26N4O2/c47-27-29-7-4-11-33(23-29)35-17-21-38-39-22-18-36(34-12-5-8-30(24-34)28-48)26-43(39)50(42(38)25-35)41-14-6-13-40-44(41)46(52)49(45(40)51)37-19-15-32(16-20-37)31-9-2-1-3-10-31/h1-26H. The van der Waals surface area contributed by atoms with Crippen molar-refractivity contribution in [3.63, 3.8) is 0 Å². The van der Waals surface area contributed by atoms with Crippen molar-refractivity contribution in [2.24, 2.45) is 0 Å². The summed E-state index contributed by atoms with van der Waals surface area (Å²) in [7, 11) is 0. The van der Waals surface area contributed by atoms with Crippen LogP contribution in [-0.2, 0) is 0 Å². The highest BCUT2D eigenvalue weighted by atomic mass is 16.2. The quantitative estimate of drug-likeness (QED) is 0.171. The molecule has 0 aliphatic carbocycles. The van der Waals surface area contributed by atoms with Crippen LogP contribution in [0.25, 0.3) is 60.9 Å². The molecule has 2 heterocycles. The SMILES string of the molecule is N#Cc1cccc(-c2ccc3c4ccc(-c5cccc(C#N)c5)cc4n(-c4cccc5c4C(=O)N(c4ccc(-c6ccccc6)cc4)C5=O)c3c2)c1. The van der Waals surface area contributed by atoms with Crippen molar-refractivity contribution in [1.82, 2.24) is 4.57 Å². The average molecular weight is 667 g/mol. The Hall–Kier alpha value is -7.54. The highest BCUT2D eigenvalue weighted by Gasteiger charge is 2.39. The summed E-state index contributed by atoms with van der Waals surface area (Å²) >= 11 is 0. The van der Waals surface area contributed by atoms with Crippen LogP contribution in [0.5, 0.6) is 0 Å². The first kappa shape index (κ1) is 30.5. The molecule has 1 aliphatic heterocycles. The third-order valence-corrected chi connectivity index (χ3v) is 9.78. The van der Waals surface area contributed by atoms with Gasteiger partial charge in [-0.3, -0.25) is 9.59 Å². The average Bonchev–Trinajstić information content (AvgIpc) is 3.67. The van der Waals surface area contributed by atoms with Crippen LogP contribution in [-0.4, -0.2) is 16.4 Å². The number of fused-ring (bicyclic) bond motifs is 4. The fourth-order valence-corrected chi connectivity index (χ4v) is 7.30. The van der Waals surface area contributed by atoms with E-state index in [0.29, 0.717) is 33.6 Å². The molecule has 0 unspecified atom stereocenters. The minimum absolute atomic E-state index is 0.326. The van der Waals surface area contributed by atoms with Gasteiger partial charge in [0.05, 0.1) is 56.8 Å². The van der Waals surface area contributed by atoms with E-state index in [1.165, 1.54) is 4.90 Å². The van der Waals surface area contributed by atoms with Crippen LogP contribution in [0.3, 0.4) is 0 Å². The van der Waals surface area contributed by atoms with Gasteiger partial charge in [0, 0.05) is 10.8 Å². The van der Waals surface area contributed by atoms with Gasteiger partial charge in [-0.25, -0.2) is 4.90 Å². The molecule has 2 amide bonds. The van der Waals surface area contributed by atoms with Crippen molar-refractivity contribution in [3.8, 4) is 51.2 Å². The molecular weight excluding hydrogens is 641 g/mol. The highest BCUT2D eigenvalue weighted by molar-refractivity contribution is 6.35. The largest absolute Gasteiger partial charge is 0.308 e. The van der Waals surface area contributed by atoms with Crippen LogP contribution in [0.1, 0.15) is 31.8 Å². The predicted octanol–water partition coefficient (Wildman–Crippen LogP) is 10.3. The van der Waals surface area contributed by atoms with E-state index >= 15 is 0 Å². The molecule has 1 aliphatic rings. The Morgan fingerprint density at radius 2 is 0.942 bits per heavy atom. The van der Waals surface area contributed by atoms with Crippen LogP contribution in [0.15, 0.2) is 158 Å². The van der Waals surface area contributed by atoms with Gasteiger partial charge in [-0.05, 0) is 94.0 Å². The second kappa shape index (κ2) is 12.1. The summed E-state index contributed by atoms with van der Waals surface area (Å²) in [6, 6.07) is 54.6. The normalized spacial score (nSPS) is 12.2. The maximum atomic E-state index is 14.5. The van der Waals surface area contributed by atoms with Gasteiger partial charge >= 0.3 is 0 Å². The van der Waals surface area contributed by atoms with Crippen molar-refractivity contribution in [2.75, 3.05) is 4.90 Å². The highest BCUT2D eigenvalue weighted by Crippen LogP contribution is 2.40. The summed E-state index contributed by atoms with van der Waals surface area (Å²) in [4.78, 5) is 29.8. The monoisotopic (exact) mass is 666 g/mol. The number of carbonyl (C=O) groups is 2. The molecule has 8 aromatic rings. The lowest BCUT2D eigenvalue weighted by atomic mass is 10.0. The molecule has 242 valence electrons. The maximum Gasteiger partial charge on any atom is 0.268 e. The number of hydrogen-bond acceptors (Lipinski definition) is 4. The molecule has 0 atom stereocenters. The lowest BCUT2D eigenvalue weighted by Crippen LogP contribution is -2.29. The first-order valence-corrected chi connectivity index (χ1v) is 16.8. The van der Waals surface area contributed by atoms with E-state index in [0.717, 1.165) is 55.2 Å². The summed E-state index contributed by atoms with van der Waals surface area (Å²) in [5, 5.41) is 21.1. The van der Waals surface area contributed by atoms with E-state index in [4.69, 9.17) is 0 Å². The third kappa shape index (κ3) is 4.87. The Morgan fingerprint density at radius 1 is 0.442 bits per heavy atom. The fraction of sp³-hybridized carbons (Fsp3) is 0. The van der Waals surface area contributed by atoms with E-state index in [1.807, 2.05) is 115 Å². The van der Waals surface area contributed by atoms with Gasteiger partial charge in [0.2, 0.25) is 0 Å². The minimum Gasteiger partial charge on any atom is -0.308 e. The minimum atomic E-state index is -0.395. The molecular formula is C46H26N4O2. The van der Waals surface area contributed by atoms with Crippen molar-refractivity contribution in [2.45, 2.75) is 0 Å². The molecule has 0 saturated carbocycles. The zero-order valence-corrected chi connectivity index (χ0v) is 27.6. The zero-order chi connectivity index (χ0) is 35.3. The number of anilines is 1. The summed E-state index contributed by atoms with van der Waals surface area (Å²) in [6.45, 7) is 0. The molecule has 0 spiro atoms. The summed E-state index contributed by atoms with van der Waals surface area (Å²) in [6.07, 6.45) is 0. The van der Waals surface area contributed by atoms with Crippen molar-refractivity contribution < 1.29 is 9.59 Å². The second-order valence-electron chi connectivity index (χ2n) is 12.7. The van der Waals surface area contributed by atoms with Gasteiger partial charge in [0.25, 0.3) is 11.8 Å². The molecule has 0 radical (unpaired) electrons. The number of hydrogen-bond donors (Lipinski definition) is 0. The topological polar surface area (TPSA) is 89.9 Å². The number of nitrogens with zero attached hydrogens (tertiary/aromatic N) is 4. The zero-order valence-electron chi connectivity index (χ0n) is 27.6. The Bertz CT molecular complexity index is 2740. The van der Waals surface area contributed by atoms with Gasteiger partial charge in [0.15, 0.2) is 0 Å². The van der Waals surface area contributed by atoms with Crippen molar-refractivity contribution >= 4 is 39.3 Å². The van der Waals surface area contributed by atoms with Crippen LogP contribution in [0.2, 0.25) is 0 Å². The van der Waals surface area contributed by atoms with Gasteiger partial charge < -0.3 is 4.57 Å². The molecule has 0 N–H and O–H groups in total. The van der Waals surface area contributed by atoms with Crippen molar-refractivity contribution in [3.05, 3.63) is 180 Å². The van der Waals surface area contributed by atoms with Gasteiger partial charge in [-0.15, -0.1) is 0 Å². The smallest absolute Gasteiger partial charge is 0.268 e. The number of amides is 2. The first-order chi connectivity index (χ1) is 25.5. The van der Waals surface area contributed by atoms with Crippen LogP contribution in [0.4, 0.5) is 5.69 Å². The predicted molar refractivity (Wildman–Crippen MR) is 204 cm³/mol. The van der Waals surface area contributed by atoms with Gasteiger partial charge in [-0.1, -0.05) is 97.1 Å². The Morgan fingerprint density at radius 3 is 1.52 bits per heavy atom. The Balaban J connectivity index is 1.25. The van der Waals surface area contributed by atoms with Crippen LogP contribution < -0.4 is 4.90 Å². The number of nitriles is 2. The molecule has 1 aromatic heterocycles. The summed E-state index contributed by atoms with van der Waals surface area (Å²) in [5.41, 5.74) is 10.2. The molecule has 7 aromatic carbocycles. The summed E-state index contributed by atoms with van der Waals surface area (Å²) in [5.74, 6) is -0.771. The number of benzene rings is 7. The fourth-order valence-electron chi connectivity index (χ4n) is 7.30. The van der Waals surface area contributed by atoms with E-state index in [2.05, 4.69) is 41.0 Å². The second-order valence-corrected chi connectivity index (χ2v) is 12.7. The van der Waals surface area contributed by atoms with E-state index in [1.54, 1.807) is 18.2 Å². The Labute approximate surface area is 299 Å². The molecule has 6 nitrogen and oxygen atoms in total.